The van der Waals surface area contributed by atoms with Crippen LogP contribution in [0.15, 0.2) is 48.9 Å². The second-order valence-electron chi connectivity index (χ2n) is 5.36. The summed E-state index contributed by atoms with van der Waals surface area (Å²) in [7, 11) is 0. The van der Waals surface area contributed by atoms with E-state index in [1.54, 1.807) is 12.4 Å². The molecule has 1 aromatic carbocycles. The quantitative estimate of drug-likeness (QED) is 0.665. The summed E-state index contributed by atoms with van der Waals surface area (Å²) in [6, 6.07) is 7.47. The first-order valence-electron chi connectivity index (χ1n) is 7.71. The standard InChI is InChI=1S/C17H18ClN5O/c18-14-2-4-15(5-3-14)21-16-17(20-7-6-19-16)23-11-9-22(10-12-23)8-1-13-24/h1-8,13H,9-12H2,(H,19,21). The van der Waals surface area contributed by atoms with Gasteiger partial charge >= 0.3 is 0 Å². The molecule has 124 valence electrons. The van der Waals surface area contributed by atoms with Gasteiger partial charge in [0.25, 0.3) is 0 Å². The van der Waals surface area contributed by atoms with Gasteiger partial charge in [0.2, 0.25) is 0 Å². The van der Waals surface area contributed by atoms with Crippen molar-refractivity contribution in [1.82, 2.24) is 14.9 Å². The van der Waals surface area contributed by atoms with Crippen molar-refractivity contribution < 1.29 is 4.79 Å². The average molecular weight is 344 g/mol. The van der Waals surface area contributed by atoms with Crippen LogP contribution in [0.1, 0.15) is 0 Å². The molecule has 0 saturated carbocycles. The number of hydrogen-bond acceptors (Lipinski definition) is 6. The zero-order valence-corrected chi connectivity index (χ0v) is 13.9. The number of halogens is 1. The van der Waals surface area contributed by atoms with Crippen LogP contribution in [0.2, 0.25) is 5.02 Å². The molecule has 2 aromatic rings. The van der Waals surface area contributed by atoms with Crippen molar-refractivity contribution in [2.75, 3.05) is 36.4 Å². The van der Waals surface area contributed by atoms with Gasteiger partial charge < -0.3 is 15.1 Å². The number of nitrogens with one attached hydrogen (secondary N) is 1. The number of aromatic nitrogens is 2. The molecule has 1 fully saturated rings. The van der Waals surface area contributed by atoms with E-state index < -0.39 is 0 Å². The fraction of sp³-hybridized carbons (Fsp3) is 0.235. The molecule has 0 amide bonds. The first-order valence-corrected chi connectivity index (χ1v) is 8.08. The van der Waals surface area contributed by atoms with Crippen LogP contribution in [0.25, 0.3) is 0 Å². The minimum absolute atomic E-state index is 0.694. The van der Waals surface area contributed by atoms with E-state index in [-0.39, 0.29) is 0 Å². The molecule has 0 unspecified atom stereocenters. The Morgan fingerprint density at radius 3 is 2.46 bits per heavy atom. The number of carbonyl (C=O) groups excluding carboxylic acids is 1. The third-order valence-electron chi connectivity index (χ3n) is 3.78. The second-order valence-corrected chi connectivity index (χ2v) is 5.80. The van der Waals surface area contributed by atoms with E-state index >= 15 is 0 Å². The van der Waals surface area contributed by atoms with E-state index in [9.17, 15) is 4.79 Å². The molecule has 0 radical (unpaired) electrons. The summed E-state index contributed by atoms with van der Waals surface area (Å²) in [4.78, 5) is 23.6. The summed E-state index contributed by atoms with van der Waals surface area (Å²) in [6.45, 7) is 3.30. The zero-order valence-electron chi connectivity index (χ0n) is 13.1. The minimum atomic E-state index is 0.694. The Morgan fingerprint density at radius 1 is 1.04 bits per heavy atom. The van der Waals surface area contributed by atoms with Crippen LogP contribution in [0.4, 0.5) is 17.3 Å². The molecule has 1 aromatic heterocycles. The summed E-state index contributed by atoms with van der Waals surface area (Å²) >= 11 is 5.92. The summed E-state index contributed by atoms with van der Waals surface area (Å²) in [6.07, 6.45) is 7.51. The predicted molar refractivity (Wildman–Crippen MR) is 95.8 cm³/mol. The van der Waals surface area contributed by atoms with Crippen molar-refractivity contribution in [2.24, 2.45) is 0 Å². The molecular weight excluding hydrogens is 326 g/mol. The van der Waals surface area contributed by atoms with Gasteiger partial charge in [-0.25, -0.2) is 9.97 Å². The lowest BCUT2D eigenvalue weighted by molar-refractivity contribution is -0.104. The second kappa shape index (κ2) is 7.79. The first kappa shape index (κ1) is 16.3. The van der Waals surface area contributed by atoms with Crippen molar-refractivity contribution in [3.05, 3.63) is 54.0 Å². The number of rotatable bonds is 5. The molecule has 24 heavy (non-hydrogen) atoms. The van der Waals surface area contributed by atoms with E-state index in [4.69, 9.17) is 11.6 Å². The van der Waals surface area contributed by atoms with Crippen molar-refractivity contribution in [3.63, 3.8) is 0 Å². The molecule has 1 aliphatic heterocycles. The Labute approximate surface area is 145 Å². The maximum absolute atomic E-state index is 10.4. The maximum atomic E-state index is 10.4. The smallest absolute Gasteiger partial charge is 0.173 e. The highest BCUT2D eigenvalue weighted by Crippen LogP contribution is 2.25. The highest BCUT2D eigenvalue weighted by Gasteiger charge is 2.19. The molecule has 0 aliphatic carbocycles. The van der Waals surface area contributed by atoms with Crippen LogP contribution in [0, 0.1) is 0 Å². The third kappa shape index (κ3) is 4.02. The van der Waals surface area contributed by atoms with Crippen molar-refractivity contribution in [1.29, 1.82) is 0 Å². The monoisotopic (exact) mass is 343 g/mol. The van der Waals surface area contributed by atoms with Crippen LogP contribution < -0.4 is 10.2 Å². The fourth-order valence-corrected chi connectivity index (χ4v) is 2.69. The highest BCUT2D eigenvalue weighted by molar-refractivity contribution is 6.30. The van der Waals surface area contributed by atoms with E-state index in [0.717, 1.165) is 49.8 Å². The molecular formula is C17H18ClN5O. The van der Waals surface area contributed by atoms with Crippen LogP contribution >= 0.6 is 11.6 Å². The average Bonchev–Trinajstić information content (AvgIpc) is 2.63. The van der Waals surface area contributed by atoms with Gasteiger partial charge in [-0.1, -0.05) is 11.6 Å². The van der Waals surface area contributed by atoms with E-state index in [1.807, 2.05) is 30.5 Å². The fourth-order valence-electron chi connectivity index (χ4n) is 2.56. The summed E-state index contributed by atoms with van der Waals surface area (Å²) in [5, 5.41) is 3.99. The molecule has 3 rings (SSSR count). The Bertz CT molecular complexity index is 711. The van der Waals surface area contributed by atoms with Crippen LogP contribution in [-0.4, -0.2) is 47.3 Å². The first-order chi connectivity index (χ1) is 11.8. The molecule has 0 spiro atoms. The van der Waals surface area contributed by atoms with E-state index in [0.29, 0.717) is 5.02 Å². The van der Waals surface area contributed by atoms with Crippen molar-refractivity contribution in [2.45, 2.75) is 0 Å². The Hall–Kier alpha value is -2.60. The molecule has 0 atom stereocenters. The molecule has 6 nitrogen and oxygen atoms in total. The molecule has 0 bridgehead atoms. The molecule has 1 saturated heterocycles. The van der Waals surface area contributed by atoms with Gasteiger partial charge in [0.15, 0.2) is 11.6 Å². The lowest BCUT2D eigenvalue weighted by Gasteiger charge is -2.35. The van der Waals surface area contributed by atoms with Crippen LogP contribution in [-0.2, 0) is 4.79 Å². The highest BCUT2D eigenvalue weighted by atomic mass is 35.5. The summed E-state index contributed by atoms with van der Waals surface area (Å²) in [5.74, 6) is 1.54. The SMILES string of the molecule is O=CC=CN1CCN(c2nccnc2Nc2ccc(Cl)cc2)CC1. The normalized spacial score (nSPS) is 14.9. The number of hydrogen-bond donors (Lipinski definition) is 1. The van der Waals surface area contributed by atoms with Crippen molar-refractivity contribution in [3.8, 4) is 0 Å². The maximum Gasteiger partial charge on any atom is 0.173 e. The lowest BCUT2D eigenvalue weighted by Crippen LogP contribution is -2.44. The van der Waals surface area contributed by atoms with Gasteiger partial charge in [-0.15, -0.1) is 0 Å². The molecule has 1 aliphatic rings. The largest absolute Gasteiger partial charge is 0.374 e. The van der Waals surface area contributed by atoms with E-state index in [2.05, 4.69) is 25.1 Å². The van der Waals surface area contributed by atoms with Gasteiger partial charge in [-0.3, -0.25) is 4.79 Å². The predicted octanol–water partition coefficient (Wildman–Crippen LogP) is 2.71. The number of piperazine rings is 1. The van der Waals surface area contributed by atoms with Gasteiger partial charge in [-0.05, 0) is 30.3 Å². The Morgan fingerprint density at radius 2 is 1.75 bits per heavy atom. The van der Waals surface area contributed by atoms with E-state index in [1.165, 1.54) is 6.08 Å². The molecule has 1 N–H and O–H groups in total. The number of benzene rings is 1. The number of anilines is 3. The summed E-state index contributed by atoms with van der Waals surface area (Å²) < 4.78 is 0. The molecule has 2 heterocycles. The Kier molecular flexibility index (Phi) is 5.28. The minimum Gasteiger partial charge on any atom is -0.374 e. The third-order valence-corrected chi connectivity index (χ3v) is 4.03. The topological polar surface area (TPSA) is 61.4 Å². The van der Waals surface area contributed by atoms with Crippen LogP contribution in [0.5, 0.6) is 0 Å². The molecule has 7 heteroatoms. The zero-order chi connectivity index (χ0) is 16.8. The number of allylic oxidation sites excluding steroid dienone is 1. The Balaban J connectivity index is 1.71. The van der Waals surface area contributed by atoms with Crippen molar-refractivity contribution >= 4 is 35.2 Å². The number of carbonyl (C=O) groups is 1. The lowest BCUT2D eigenvalue weighted by atomic mass is 10.3. The number of nitrogens with zero attached hydrogens (tertiary/aromatic N) is 4. The van der Waals surface area contributed by atoms with Gasteiger partial charge in [0.05, 0.1) is 0 Å². The number of aldehydes is 1. The van der Waals surface area contributed by atoms with Gasteiger partial charge in [0, 0.05) is 55.5 Å². The van der Waals surface area contributed by atoms with Gasteiger partial charge in [0.1, 0.15) is 6.29 Å². The van der Waals surface area contributed by atoms with Crippen LogP contribution in [0.3, 0.4) is 0 Å². The van der Waals surface area contributed by atoms with Gasteiger partial charge in [-0.2, -0.15) is 0 Å². The summed E-state index contributed by atoms with van der Waals surface area (Å²) in [5.41, 5.74) is 0.911.